The fourth-order valence-electron chi connectivity index (χ4n) is 3.78. The standard InChI is InChI=1S/C29H25N3O4S/c1-18-5-12-23(19(2)13-18)24(16-36-4)28(33)31-25-14-26(37-27(25)29(34)35)21-9-6-20(7-10-21)8-11-22-15-30-17-32(22)3/h5-7,9-10,12-17H,1-4H3,(H,31,33)(H,34,35). The first-order valence-electron chi connectivity index (χ1n) is 11.3. The zero-order chi connectivity index (χ0) is 26.5. The van der Waals surface area contributed by atoms with Crippen molar-refractivity contribution in [2.75, 3.05) is 12.4 Å². The number of carboxylic acids is 1. The number of ether oxygens (including phenoxy) is 1. The molecule has 0 unspecified atom stereocenters. The number of carboxylic acid groups (broad SMARTS) is 1. The van der Waals surface area contributed by atoms with Gasteiger partial charge in [0.2, 0.25) is 0 Å². The van der Waals surface area contributed by atoms with Crippen LogP contribution in [0.1, 0.15) is 37.6 Å². The van der Waals surface area contributed by atoms with Crippen molar-refractivity contribution >= 4 is 34.5 Å². The second-order valence-electron chi connectivity index (χ2n) is 8.42. The minimum Gasteiger partial charge on any atom is -0.504 e. The molecule has 2 aromatic heterocycles. The third kappa shape index (κ3) is 5.80. The number of imidazole rings is 1. The Balaban J connectivity index is 1.60. The summed E-state index contributed by atoms with van der Waals surface area (Å²) >= 11 is 1.10. The first-order chi connectivity index (χ1) is 17.8. The van der Waals surface area contributed by atoms with Gasteiger partial charge in [0.05, 0.1) is 37.2 Å². The summed E-state index contributed by atoms with van der Waals surface area (Å²) in [5, 5.41) is 12.6. The summed E-state index contributed by atoms with van der Waals surface area (Å²) in [5.74, 6) is 4.60. The third-order valence-electron chi connectivity index (χ3n) is 5.65. The molecule has 0 saturated carbocycles. The predicted molar refractivity (Wildman–Crippen MR) is 145 cm³/mol. The molecule has 8 heteroatoms. The largest absolute Gasteiger partial charge is 0.504 e. The quantitative estimate of drug-likeness (QED) is 0.203. The molecule has 0 atom stereocenters. The lowest BCUT2D eigenvalue weighted by molar-refractivity contribution is -0.111. The molecular formula is C29H25N3O4S. The van der Waals surface area contributed by atoms with Gasteiger partial charge in [-0.15, -0.1) is 11.3 Å². The molecule has 7 nitrogen and oxygen atoms in total. The number of methoxy groups -OCH3 is 1. The minimum atomic E-state index is -1.12. The van der Waals surface area contributed by atoms with E-state index in [2.05, 4.69) is 22.1 Å². The Hall–Kier alpha value is -4.61. The van der Waals surface area contributed by atoms with Gasteiger partial charge in [-0.3, -0.25) is 4.79 Å². The van der Waals surface area contributed by atoms with Gasteiger partial charge in [-0.2, -0.15) is 0 Å². The maximum atomic E-state index is 13.2. The van der Waals surface area contributed by atoms with Crippen LogP contribution in [0.2, 0.25) is 0 Å². The summed E-state index contributed by atoms with van der Waals surface area (Å²) in [6, 6.07) is 14.9. The van der Waals surface area contributed by atoms with E-state index < -0.39 is 11.9 Å². The van der Waals surface area contributed by atoms with E-state index in [1.165, 1.54) is 13.4 Å². The van der Waals surface area contributed by atoms with Crippen molar-refractivity contribution < 1.29 is 19.4 Å². The van der Waals surface area contributed by atoms with E-state index in [4.69, 9.17) is 4.74 Å². The van der Waals surface area contributed by atoms with Gasteiger partial charge >= 0.3 is 5.97 Å². The second-order valence-corrected chi connectivity index (χ2v) is 9.47. The predicted octanol–water partition coefficient (Wildman–Crippen LogP) is 5.49. The zero-order valence-corrected chi connectivity index (χ0v) is 21.6. The molecule has 37 heavy (non-hydrogen) atoms. The number of hydrogen-bond acceptors (Lipinski definition) is 5. The monoisotopic (exact) mass is 511 g/mol. The van der Waals surface area contributed by atoms with Crippen LogP contribution in [-0.4, -0.2) is 33.6 Å². The highest BCUT2D eigenvalue weighted by Crippen LogP contribution is 2.36. The van der Waals surface area contributed by atoms with Crippen LogP contribution in [0.3, 0.4) is 0 Å². The van der Waals surface area contributed by atoms with E-state index in [-0.39, 0.29) is 10.6 Å². The van der Waals surface area contributed by atoms with Gasteiger partial charge in [-0.1, -0.05) is 41.8 Å². The molecule has 2 N–H and O–H groups in total. The van der Waals surface area contributed by atoms with Crippen molar-refractivity contribution in [3.8, 4) is 22.3 Å². The second kappa shape index (κ2) is 11.0. The molecule has 4 rings (SSSR count). The van der Waals surface area contributed by atoms with E-state index in [0.717, 1.165) is 39.3 Å². The Morgan fingerprint density at radius 2 is 1.86 bits per heavy atom. The number of carbonyl (C=O) groups excluding carboxylic acids is 1. The van der Waals surface area contributed by atoms with Crippen LogP contribution in [0, 0.1) is 25.7 Å². The van der Waals surface area contributed by atoms with Crippen LogP contribution in [0.5, 0.6) is 0 Å². The first-order valence-corrected chi connectivity index (χ1v) is 12.2. The van der Waals surface area contributed by atoms with Crippen LogP contribution in [0.4, 0.5) is 5.69 Å². The molecule has 1 amide bonds. The number of benzene rings is 2. The van der Waals surface area contributed by atoms with Crippen LogP contribution in [0.25, 0.3) is 16.0 Å². The Labute approximate surface area is 219 Å². The number of hydrogen-bond donors (Lipinski definition) is 2. The molecule has 0 bridgehead atoms. The molecule has 2 aromatic carbocycles. The molecule has 0 radical (unpaired) electrons. The number of anilines is 1. The van der Waals surface area contributed by atoms with Gasteiger partial charge in [0, 0.05) is 17.5 Å². The summed E-state index contributed by atoms with van der Waals surface area (Å²) in [6.07, 6.45) is 4.76. The lowest BCUT2D eigenvalue weighted by Crippen LogP contribution is -2.16. The van der Waals surface area contributed by atoms with Gasteiger partial charge in [0.25, 0.3) is 5.91 Å². The van der Waals surface area contributed by atoms with Crippen molar-refractivity contribution in [1.82, 2.24) is 9.55 Å². The van der Waals surface area contributed by atoms with Crippen LogP contribution in [0.15, 0.2) is 67.3 Å². The highest BCUT2D eigenvalue weighted by atomic mass is 32.1. The Morgan fingerprint density at radius 3 is 2.49 bits per heavy atom. The molecule has 0 aliphatic rings. The average Bonchev–Trinajstić information content (AvgIpc) is 3.48. The molecular weight excluding hydrogens is 486 g/mol. The lowest BCUT2D eigenvalue weighted by Gasteiger charge is -2.12. The van der Waals surface area contributed by atoms with Gasteiger partial charge in [-0.25, -0.2) is 9.78 Å². The summed E-state index contributed by atoms with van der Waals surface area (Å²) < 4.78 is 7.00. The van der Waals surface area contributed by atoms with E-state index in [1.54, 1.807) is 18.6 Å². The van der Waals surface area contributed by atoms with E-state index in [0.29, 0.717) is 16.0 Å². The number of thiophene rings is 1. The Morgan fingerprint density at radius 1 is 1.11 bits per heavy atom. The maximum absolute atomic E-state index is 13.2. The number of amides is 1. The fourth-order valence-corrected chi connectivity index (χ4v) is 4.74. The SMILES string of the molecule is COC=C(C(=O)Nc1cc(-c2ccc(C#Cc3cncn3C)cc2)sc1C(=O)O)c1ccc(C)cc1C. The highest BCUT2D eigenvalue weighted by molar-refractivity contribution is 7.18. The average molecular weight is 512 g/mol. The summed E-state index contributed by atoms with van der Waals surface area (Å²) in [6.45, 7) is 3.89. The summed E-state index contributed by atoms with van der Waals surface area (Å²) in [4.78, 5) is 30.0. The molecule has 2 heterocycles. The number of rotatable bonds is 6. The molecule has 186 valence electrons. The van der Waals surface area contributed by atoms with E-state index in [9.17, 15) is 14.7 Å². The van der Waals surface area contributed by atoms with Gasteiger partial charge in [0.1, 0.15) is 10.6 Å². The molecule has 0 aliphatic carbocycles. The van der Waals surface area contributed by atoms with Crippen LogP contribution < -0.4 is 5.32 Å². The molecule has 0 spiro atoms. The number of carbonyl (C=O) groups is 2. The van der Waals surface area contributed by atoms with Crippen molar-refractivity contribution in [2.45, 2.75) is 13.8 Å². The number of aromatic carboxylic acids is 1. The zero-order valence-electron chi connectivity index (χ0n) is 20.8. The van der Waals surface area contributed by atoms with Gasteiger partial charge in [-0.05, 0) is 54.7 Å². The number of nitrogens with one attached hydrogen (secondary N) is 1. The topological polar surface area (TPSA) is 93.5 Å². The molecule has 4 aromatic rings. The normalized spacial score (nSPS) is 11.0. The van der Waals surface area contributed by atoms with Crippen molar-refractivity contribution in [2.24, 2.45) is 7.05 Å². The maximum Gasteiger partial charge on any atom is 0.348 e. The van der Waals surface area contributed by atoms with E-state index in [1.807, 2.05) is 67.9 Å². The van der Waals surface area contributed by atoms with Gasteiger partial charge < -0.3 is 19.7 Å². The summed E-state index contributed by atoms with van der Waals surface area (Å²) in [5.41, 5.74) is 5.66. The molecule has 0 aliphatic heterocycles. The van der Waals surface area contributed by atoms with Crippen molar-refractivity contribution in [3.05, 3.63) is 100 Å². The minimum absolute atomic E-state index is 0.0424. The number of aromatic nitrogens is 2. The number of aryl methyl sites for hydroxylation is 3. The van der Waals surface area contributed by atoms with Crippen molar-refractivity contribution in [1.29, 1.82) is 0 Å². The van der Waals surface area contributed by atoms with Crippen LogP contribution >= 0.6 is 11.3 Å². The summed E-state index contributed by atoms with van der Waals surface area (Å²) in [7, 11) is 3.34. The smallest absolute Gasteiger partial charge is 0.348 e. The lowest BCUT2D eigenvalue weighted by atomic mass is 9.99. The Kier molecular flexibility index (Phi) is 7.56. The molecule has 0 fully saturated rings. The van der Waals surface area contributed by atoms with E-state index >= 15 is 0 Å². The third-order valence-corrected chi connectivity index (χ3v) is 6.82. The van der Waals surface area contributed by atoms with Crippen molar-refractivity contribution in [3.63, 3.8) is 0 Å². The Bertz CT molecular complexity index is 1570. The molecule has 0 saturated heterocycles. The van der Waals surface area contributed by atoms with Crippen LogP contribution in [-0.2, 0) is 16.6 Å². The highest BCUT2D eigenvalue weighted by Gasteiger charge is 2.21. The van der Waals surface area contributed by atoms with Gasteiger partial charge in [0.15, 0.2) is 0 Å². The first kappa shape index (κ1) is 25.5. The fraction of sp³-hybridized carbons (Fsp3) is 0.138. The number of nitrogens with zero attached hydrogens (tertiary/aromatic N) is 2.